The first-order valence-corrected chi connectivity index (χ1v) is 8.03. The highest BCUT2D eigenvalue weighted by molar-refractivity contribution is 5.94. The predicted octanol–water partition coefficient (Wildman–Crippen LogP) is 4.49. The number of amides is 1. The Kier molecular flexibility index (Phi) is 5.27. The molecular formula is C21H17F2NO2. The lowest BCUT2D eigenvalue weighted by Gasteiger charge is -2.20. The van der Waals surface area contributed by atoms with Gasteiger partial charge in [-0.3, -0.25) is 4.79 Å². The van der Waals surface area contributed by atoms with E-state index in [1.807, 2.05) is 42.5 Å². The second-order valence-electron chi connectivity index (χ2n) is 5.72. The van der Waals surface area contributed by atoms with Crippen molar-refractivity contribution in [3.8, 4) is 5.75 Å². The number of methoxy groups -OCH3 is 1. The standard InChI is InChI=1S/C21H17F2NO2/c1-26-17-10-7-15(8-11-17)20(14-5-3-2-4-6-14)24-21(25)16-9-12-18(22)19(23)13-16/h2-13,20H,1H3,(H,24,25)/t20-/m0/s1. The molecule has 26 heavy (non-hydrogen) atoms. The quantitative estimate of drug-likeness (QED) is 0.734. The molecule has 0 aliphatic heterocycles. The molecular weight excluding hydrogens is 336 g/mol. The number of carbonyl (C=O) groups is 1. The summed E-state index contributed by atoms with van der Waals surface area (Å²) in [7, 11) is 1.58. The smallest absolute Gasteiger partial charge is 0.252 e. The highest BCUT2D eigenvalue weighted by Gasteiger charge is 2.19. The summed E-state index contributed by atoms with van der Waals surface area (Å²) in [4.78, 5) is 12.6. The van der Waals surface area contributed by atoms with Crippen LogP contribution in [0.1, 0.15) is 27.5 Å². The fraction of sp³-hybridized carbons (Fsp3) is 0.0952. The van der Waals surface area contributed by atoms with Crippen LogP contribution in [0.2, 0.25) is 0 Å². The summed E-state index contributed by atoms with van der Waals surface area (Å²) in [6.45, 7) is 0. The molecule has 3 nitrogen and oxygen atoms in total. The molecule has 0 spiro atoms. The second kappa shape index (κ2) is 7.78. The van der Waals surface area contributed by atoms with Gasteiger partial charge in [0.15, 0.2) is 11.6 Å². The summed E-state index contributed by atoms with van der Waals surface area (Å²) in [6, 6.07) is 19.3. The topological polar surface area (TPSA) is 38.3 Å². The zero-order valence-corrected chi connectivity index (χ0v) is 14.1. The summed E-state index contributed by atoms with van der Waals surface area (Å²) in [5.41, 5.74) is 1.76. The molecule has 1 N–H and O–H groups in total. The molecule has 3 aromatic rings. The minimum Gasteiger partial charge on any atom is -0.497 e. The van der Waals surface area contributed by atoms with E-state index in [1.165, 1.54) is 6.07 Å². The molecule has 0 heterocycles. The van der Waals surface area contributed by atoms with Crippen LogP contribution in [-0.4, -0.2) is 13.0 Å². The maximum atomic E-state index is 13.4. The van der Waals surface area contributed by atoms with Gasteiger partial charge in [-0.05, 0) is 41.5 Å². The van der Waals surface area contributed by atoms with Gasteiger partial charge in [-0.2, -0.15) is 0 Å². The summed E-state index contributed by atoms with van der Waals surface area (Å²) in [5.74, 6) is -1.84. The van der Waals surface area contributed by atoms with Crippen molar-refractivity contribution in [1.82, 2.24) is 5.32 Å². The number of hydrogen-bond donors (Lipinski definition) is 1. The fourth-order valence-corrected chi connectivity index (χ4v) is 2.65. The Morgan fingerprint density at radius 3 is 2.15 bits per heavy atom. The van der Waals surface area contributed by atoms with Crippen LogP contribution < -0.4 is 10.1 Å². The largest absolute Gasteiger partial charge is 0.497 e. The highest BCUT2D eigenvalue weighted by Crippen LogP contribution is 2.24. The van der Waals surface area contributed by atoms with Crippen molar-refractivity contribution in [2.45, 2.75) is 6.04 Å². The van der Waals surface area contributed by atoms with Crippen LogP contribution in [0, 0.1) is 11.6 Å². The number of halogens is 2. The van der Waals surface area contributed by atoms with Crippen LogP contribution in [0.3, 0.4) is 0 Å². The minimum atomic E-state index is -1.06. The molecule has 0 aliphatic carbocycles. The van der Waals surface area contributed by atoms with E-state index in [2.05, 4.69) is 5.32 Å². The van der Waals surface area contributed by atoms with E-state index < -0.39 is 23.6 Å². The fourth-order valence-electron chi connectivity index (χ4n) is 2.65. The molecule has 0 bridgehead atoms. The number of benzene rings is 3. The van der Waals surface area contributed by atoms with Gasteiger partial charge in [0, 0.05) is 5.56 Å². The molecule has 0 unspecified atom stereocenters. The van der Waals surface area contributed by atoms with Crippen LogP contribution in [0.5, 0.6) is 5.75 Å². The molecule has 132 valence electrons. The highest BCUT2D eigenvalue weighted by atomic mass is 19.2. The van der Waals surface area contributed by atoms with Crippen LogP contribution in [0.25, 0.3) is 0 Å². The Hall–Kier alpha value is -3.21. The summed E-state index contributed by atoms with van der Waals surface area (Å²) >= 11 is 0. The van der Waals surface area contributed by atoms with Gasteiger partial charge < -0.3 is 10.1 Å². The average molecular weight is 353 g/mol. The first-order valence-electron chi connectivity index (χ1n) is 8.03. The number of rotatable bonds is 5. The molecule has 1 amide bonds. The first kappa shape index (κ1) is 17.6. The third kappa shape index (κ3) is 3.88. The molecule has 5 heteroatoms. The van der Waals surface area contributed by atoms with Gasteiger partial charge in [0.1, 0.15) is 5.75 Å². The zero-order chi connectivity index (χ0) is 18.5. The molecule has 1 atom stereocenters. The van der Waals surface area contributed by atoms with Crippen molar-refractivity contribution in [3.05, 3.63) is 101 Å². The molecule has 3 rings (SSSR count). The monoisotopic (exact) mass is 353 g/mol. The Balaban J connectivity index is 1.92. The van der Waals surface area contributed by atoms with Crippen LogP contribution in [0.15, 0.2) is 72.8 Å². The molecule has 0 saturated heterocycles. The molecule has 0 aromatic heterocycles. The number of carbonyl (C=O) groups excluding carboxylic acids is 1. The van der Waals surface area contributed by atoms with Crippen LogP contribution in [-0.2, 0) is 0 Å². The second-order valence-corrected chi connectivity index (χ2v) is 5.72. The average Bonchev–Trinajstić information content (AvgIpc) is 2.69. The summed E-state index contributed by atoms with van der Waals surface area (Å²) in [5, 5.41) is 2.88. The lowest BCUT2D eigenvalue weighted by Crippen LogP contribution is -2.29. The van der Waals surface area contributed by atoms with Gasteiger partial charge in [0.25, 0.3) is 5.91 Å². The maximum absolute atomic E-state index is 13.4. The third-order valence-electron chi connectivity index (χ3n) is 4.04. The first-order chi connectivity index (χ1) is 12.6. The van der Waals surface area contributed by atoms with Crippen molar-refractivity contribution < 1.29 is 18.3 Å². The molecule has 0 radical (unpaired) electrons. The molecule has 3 aromatic carbocycles. The molecule has 0 fully saturated rings. The van der Waals surface area contributed by atoms with Crippen molar-refractivity contribution in [2.75, 3.05) is 7.11 Å². The SMILES string of the molecule is COc1ccc([C@@H](NC(=O)c2ccc(F)c(F)c2)c2ccccc2)cc1. The van der Waals surface area contributed by atoms with E-state index in [1.54, 1.807) is 19.2 Å². The van der Waals surface area contributed by atoms with Gasteiger partial charge in [-0.1, -0.05) is 42.5 Å². The van der Waals surface area contributed by atoms with E-state index in [0.29, 0.717) is 5.75 Å². The lowest BCUT2D eigenvalue weighted by molar-refractivity contribution is 0.0942. The lowest BCUT2D eigenvalue weighted by atomic mass is 9.98. The van der Waals surface area contributed by atoms with Gasteiger partial charge in [0.2, 0.25) is 0 Å². The maximum Gasteiger partial charge on any atom is 0.252 e. The third-order valence-corrected chi connectivity index (χ3v) is 4.04. The normalized spacial score (nSPS) is 11.7. The van der Waals surface area contributed by atoms with Crippen molar-refractivity contribution in [3.63, 3.8) is 0 Å². The van der Waals surface area contributed by atoms with Gasteiger partial charge in [-0.25, -0.2) is 8.78 Å². The van der Waals surface area contributed by atoms with Gasteiger partial charge in [0.05, 0.1) is 13.2 Å². The minimum absolute atomic E-state index is 0.0540. The predicted molar refractivity (Wildman–Crippen MR) is 95.1 cm³/mol. The number of nitrogens with one attached hydrogen (secondary N) is 1. The zero-order valence-electron chi connectivity index (χ0n) is 14.1. The number of hydrogen-bond acceptors (Lipinski definition) is 2. The number of ether oxygens (including phenoxy) is 1. The van der Waals surface area contributed by atoms with E-state index in [-0.39, 0.29) is 5.56 Å². The van der Waals surface area contributed by atoms with Crippen LogP contribution >= 0.6 is 0 Å². The van der Waals surface area contributed by atoms with Crippen LogP contribution in [0.4, 0.5) is 8.78 Å². The summed E-state index contributed by atoms with van der Waals surface area (Å²) in [6.07, 6.45) is 0. The van der Waals surface area contributed by atoms with E-state index >= 15 is 0 Å². The summed E-state index contributed by atoms with van der Waals surface area (Å²) < 4.78 is 31.7. The van der Waals surface area contributed by atoms with E-state index in [4.69, 9.17) is 4.74 Å². The van der Waals surface area contributed by atoms with Crippen molar-refractivity contribution in [2.24, 2.45) is 0 Å². The van der Waals surface area contributed by atoms with Gasteiger partial charge in [-0.15, -0.1) is 0 Å². The Bertz CT molecular complexity index is 896. The Labute approximate surface area is 150 Å². The Morgan fingerprint density at radius 1 is 0.885 bits per heavy atom. The van der Waals surface area contributed by atoms with E-state index in [9.17, 15) is 13.6 Å². The Morgan fingerprint density at radius 2 is 1.54 bits per heavy atom. The van der Waals surface area contributed by atoms with Gasteiger partial charge >= 0.3 is 0 Å². The van der Waals surface area contributed by atoms with Crippen molar-refractivity contribution >= 4 is 5.91 Å². The van der Waals surface area contributed by atoms with Crippen molar-refractivity contribution in [1.29, 1.82) is 0 Å². The van der Waals surface area contributed by atoms with E-state index in [0.717, 1.165) is 23.3 Å². The molecule has 0 saturated carbocycles. The molecule has 0 aliphatic rings.